The van der Waals surface area contributed by atoms with Gasteiger partial charge in [0.15, 0.2) is 0 Å². The molecular formula is C20H27BrN2O3. The summed E-state index contributed by atoms with van der Waals surface area (Å²) in [4.78, 5) is 27.0. The zero-order chi connectivity index (χ0) is 18.9. The lowest BCUT2D eigenvalue weighted by Crippen LogP contribution is -2.50. The molecule has 0 spiro atoms. The van der Waals surface area contributed by atoms with Crippen molar-refractivity contribution in [2.75, 3.05) is 13.1 Å². The van der Waals surface area contributed by atoms with E-state index in [2.05, 4.69) is 33.4 Å². The number of carbonyl (C=O) groups is 2. The topological polar surface area (TPSA) is 58.6 Å². The Labute approximate surface area is 163 Å². The molecule has 2 fully saturated rings. The van der Waals surface area contributed by atoms with Gasteiger partial charge in [-0.05, 0) is 63.6 Å². The minimum atomic E-state index is -0.538. The predicted molar refractivity (Wildman–Crippen MR) is 104 cm³/mol. The summed E-state index contributed by atoms with van der Waals surface area (Å²) >= 11 is 3.52. The molecule has 1 aromatic rings. The standard InChI is InChI=1S/C20H27BrN2O3/c1-20(2,3)26-19(25)23-10-9-16(13-5-4-6-14(21)11-13)17(12-23)18(24)22-15-7-8-15/h4-6,11,15-17H,7-10,12H2,1-3H3,(H,22,24)/t16-,17+/m1/s1. The van der Waals surface area contributed by atoms with Crippen LogP contribution >= 0.6 is 15.9 Å². The molecule has 1 aromatic carbocycles. The molecule has 3 rings (SSSR count). The minimum absolute atomic E-state index is 0.0470. The molecule has 2 atom stereocenters. The van der Waals surface area contributed by atoms with Gasteiger partial charge >= 0.3 is 6.09 Å². The highest BCUT2D eigenvalue weighted by Crippen LogP contribution is 2.35. The lowest BCUT2D eigenvalue weighted by atomic mass is 9.80. The number of hydrogen-bond acceptors (Lipinski definition) is 3. The first-order valence-electron chi connectivity index (χ1n) is 9.27. The Bertz CT molecular complexity index is 682. The average molecular weight is 423 g/mol. The second-order valence-corrected chi connectivity index (χ2v) is 9.18. The van der Waals surface area contributed by atoms with E-state index in [1.807, 2.05) is 32.9 Å². The monoisotopic (exact) mass is 422 g/mol. The van der Waals surface area contributed by atoms with E-state index in [-0.39, 0.29) is 23.8 Å². The van der Waals surface area contributed by atoms with Gasteiger partial charge in [0, 0.05) is 23.6 Å². The molecule has 0 radical (unpaired) electrons. The molecule has 142 valence electrons. The van der Waals surface area contributed by atoms with E-state index in [1.165, 1.54) is 0 Å². The third-order valence-electron chi connectivity index (χ3n) is 4.80. The number of ether oxygens (including phenoxy) is 1. The molecule has 1 heterocycles. The lowest BCUT2D eigenvalue weighted by molar-refractivity contribution is -0.127. The van der Waals surface area contributed by atoms with Crippen molar-refractivity contribution in [3.05, 3.63) is 34.3 Å². The second-order valence-electron chi connectivity index (χ2n) is 8.27. The Hall–Kier alpha value is -1.56. The molecule has 1 saturated carbocycles. The number of benzene rings is 1. The summed E-state index contributed by atoms with van der Waals surface area (Å²) in [6, 6.07) is 8.43. The number of piperidine rings is 1. The number of hydrogen-bond donors (Lipinski definition) is 1. The molecule has 1 aliphatic heterocycles. The molecule has 1 saturated heterocycles. The summed E-state index contributed by atoms with van der Waals surface area (Å²) in [6.07, 6.45) is 2.51. The van der Waals surface area contributed by atoms with Crippen molar-refractivity contribution in [2.24, 2.45) is 5.92 Å². The largest absolute Gasteiger partial charge is 0.444 e. The van der Waals surface area contributed by atoms with Gasteiger partial charge in [-0.25, -0.2) is 4.79 Å². The van der Waals surface area contributed by atoms with Crippen LogP contribution in [0.15, 0.2) is 28.7 Å². The van der Waals surface area contributed by atoms with E-state index >= 15 is 0 Å². The van der Waals surface area contributed by atoms with Crippen molar-refractivity contribution in [2.45, 2.75) is 57.6 Å². The van der Waals surface area contributed by atoms with Crippen LogP contribution in [0.4, 0.5) is 4.79 Å². The fraction of sp³-hybridized carbons (Fsp3) is 0.600. The lowest BCUT2D eigenvalue weighted by Gasteiger charge is -2.38. The highest BCUT2D eigenvalue weighted by atomic mass is 79.9. The van der Waals surface area contributed by atoms with Crippen molar-refractivity contribution in [1.29, 1.82) is 0 Å². The summed E-state index contributed by atoms with van der Waals surface area (Å²) < 4.78 is 6.51. The normalized spacial score (nSPS) is 23.5. The van der Waals surface area contributed by atoms with Gasteiger partial charge in [0.05, 0.1) is 5.92 Å². The van der Waals surface area contributed by atoms with Crippen molar-refractivity contribution in [3.8, 4) is 0 Å². The van der Waals surface area contributed by atoms with Crippen LogP contribution in [0.3, 0.4) is 0 Å². The molecule has 1 aliphatic carbocycles. The van der Waals surface area contributed by atoms with Crippen molar-refractivity contribution in [1.82, 2.24) is 10.2 Å². The molecule has 2 aliphatic rings. The van der Waals surface area contributed by atoms with Crippen LogP contribution in [0, 0.1) is 5.92 Å². The number of likely N-dealkylation sites (tertiary alicyclic amines) is 1. The Kier molecular flexibility index (Phi) is 5.61. The van der Waals surface area contributed by atoms with Gasteiger partial charge in [-0.15, -0.1) is 0 Å². The molecule has 0 unspecified atom stereocenters. The molecule has 5 nitrogen and oxygen atoms in total. The number of nitrogens with zero attached hydrogens (tertiary/aromatic N) is 1. The predicted octanol–water partition coefficient (Wildman–Crippen LogP) is 4.07. The zero-order valence-corrected chi connectivity index (χ0v) is 17.2. The van der Waals surface area contributed by atoms with Crippen LogP contribution in [-0.4, -0.2) is 41.6 Å². The molecule has 2 amide bonds. The Morgan fingerprint density at radius 3 is 2.58 bits per heavy atom. The Balaban J connectivity index is 1.77. The number of halogens is 1. The van der Waals surface area contributed by atoms with Crippen LogP contribution in [0.1, 0.15) is 51.5 Å². The maximum Gasteiger partial charge on any atom is 0.410 e. The highest BCUT2D eigenvalue weighted by Gasteiger charge is 2.39. The van der Waals surface area contributed by atoms with Crippen molar-refractivity contribution in [3.63, 3.8) is 0 Å². The van der Waals surface area contributed by atoms with Gasteiger partial charge in [-0.2, -0.15) is 0 Å². The fourth-order valence-corrected chi connectivity index (χ4v) is 3.80. The number of amides is 2. The SMILES string of the molecule is CC(C)(C)OC(=O)N1CC[C@H](c2cccc(Br)c2)[C@@H](C(=O)NC2CC2)C1. The third kappa shape index (κ3) is 5.00. The van der Waals surface area contributed by atoms with Crippen molar-refractivity contribution < 1.29 is 14.3 Å². The summed E-state index contributed by atoms with van der Waals surface area (Å²) in [5.74, 6) is -0.109. The minimum Gasteiger partial charge on any atom is -0.444 e. The smallest absolute Gasteiger partial charge is 0.410 e. The maximum atomic E-state index is 12.9. The quantitative estimate of drug-likeness (QED) is 0.798. The Morgan fingerprint density at radius 2 is 1.96 bits per heavy atom. The van der Waals surface area contributed by atoms with E-state index in [0.29, 0.717) is 19.1 Å². The first-order valence-corrected chi connectivity index (χ1v) is 10.1. The summed E-state index contributed by atoms with van der Waals surface area (Å²) in [7, 11) is 0. The second kappa shape index (κ2) is 7.59. The van der Waals surface area contributed by atoms with E-state index in [0.717, 1.165) is 29.3 Å². The highest BCUT2D eigenvalue weighted by molar-refractivity contribution is 9.10. The first kappa shape index (κ1) is 19.2. The molecule has 1 N–H and O–H groups in total. The summed E-state index contributed by atoms with van der Waals surface area (Å²) in [5, 5.41) is 3.12. The fourth-order valence-electron chi connectivity index (χ4n) is 3.38. The Morgan fingerprint density at radius 1 is 1.23 bits per heavy atom. The van der Waals surface area contributed by atoms with Gasteiger partial charge in [0.1, 0.15) is 5.60 Å². The summed E-state index contributed by atoms with van der Waals surface area (Å²) in [6.45, 7) is 6.56. The van der Waals surface area contributed by atoms with E-state index in [1.54, 1.807) is 4.90 Å². The van der Waals surface area contributed by atoms with E-state index < -0.39 is 5.60 Å². The average Bonchev–Trinajstić information content (AvgIpc) is 3.36. The molecule has 0 bridgehead atoms. The van der Waals surface area contributed by atoms with Crippen LogP contribution < -0.4 is 5.32 Å². The number of nitrogens with one attached hydrogen (secondary N) is 1. The van der Waals surface area contributed by atoms with Crippen LogP contribution in [0.2, 0.25) is 0 Å². The van der Waals surface area contributed by atoms with Gasteiger partial charge in [0.25, 0.3) is 0 Å². The molecule has 6 heteroatoms. The van der Waals surface area contributed by atoms with Gasteiger partial charge < -0.3 is 15.0 Å². The summed E-state index contributed by atoms with van der Waals surface area (Å²) in [5.41, 5.74) is 0.600. The first-order chi connectivity index (χ1) is 12.2. The molecular weight excluding hydrogens is 396 g/mol. The van der Waals surface area contributed by atoms with E-state index in [4.69, 9.17) is 4.74 Å². The maximum absolute atomic E-state index is 12.9. The van der Waals surface area contributed by atoms with Crippen LogP contribution in [0.25, 0.3) is 0 Å². The van der Waals surface area contributed by atoms with Crippen LogP contribution in [-0.2, 0) is 9.53 Å². The van der Waals surface area contributed by atoms with E-state index in [9.17, 15) is 9.59 Å². The van der Waals surface area contributed by atoms with Crippen LogP contribution in [0.5, 0.6) is 0 Å². The number of carbonyl (C=O) groups excluding carboxylic acids is 2. The molecule has 0 aromatic heterocycles. The zero-order valence-electron chi connectivity index (χ0n) is 15.6. The van der Waals surface area contributed by atoms with Gasteiger partial charge in [-0.3, -0.25) is 4.79 Å². The molecule has 26 heavy (non-hydrogen) atoms. The third-order valence-corrected chi connectivity index (χ3v) is 5.30. The number of rotatable bonds is 3. The van der Waals surface area contributed by atoms with Crippen molar-refractivity contribution >= 4 is 27.9 Å². The van der Waals surface area contributed by atoms with Gasteiger partial charge in [0.2, 0.25) is 5.91 Å². The van der Waals surface area contributed by atoms with Gasteiger partial charge in [-0.1, -0.05) is 28.1 Å².